The quantitative estimate of drug-likeness (QED) is 0.729. The van der Waals surface area contributed by atoms with Crippen molar-refractivity contribution in [3.63, 3.8) is 0 Å². The van der Waals surface area contributed by atoms with Crippen molar-refractivity contribution >= 4 is 11.4 Å². The molecule has 0 aliphatic rings. The highest BCUT2D eigenvalue weighted by molar-refractivity contribution is 6.04. The number of nitrogens with one attached hydrogen (secondary N) is 2. The number of aromatic hydroxyl groups is 1. The van der Waals surface area contributed by atoms with Gasteiger partial charge in [0.25, 0.3) is 0 Å². The van der Waals surface area contributed by atoms with Gasteiger partial charge in [-0.3, -0.25) is 0 Å². The smallest absolute Gasteiger partial charge is 0.130 e. The van der Waals surface area contributed by atoms with E-state index < -0.39 is 0 Å². The zero-order chi connectivity index (χ0) is 14.5. The minimum Gasteiger partial charge on any atom is -0.507 e. The molecule has 0 fully saturated rings. The molecule has 0 radical (unpaired) electrons. The van der Waals surface area contributed by atoms with Crippen LogP contribution in [-0.4, -0.2) is 17.9 Å². The molecule has 0 aliphatic carbocycles. The van der Waals surface area contributed by atoms with Gasteiger partial charge in [-0.2, -0.15) is 0 Å². The number of hydrogen-bond donors (Lipinski definition) is 3. The largest absolute Gasteiger partial charge is 0.507 e. The number of phenolic OH excluding ortho intramolecular Hbond substituents is 1. The molecule has 3 N–H and O–H groups in total. The fraction of sp³-hybridized carbons (Fsp3) is 0.188. The van der Waals surface area contributed by atoms with Gasteiger partial charge in [-0.1, -0.05) is 30.3 Å². The van der Waals surface area contributed by atoms with Crippen molar-refractivity contribution in [1.29, 1.82) is 5.41 Å². The van der Waals surface area contributed by atoms with Gasteiger partial charge in [0, 0.05) is 24.9 Å². The maximum Gasteiger partial charge on any atom is 0.130 e. The second-order valence-electron chi connectivity index (χ2n) is 4.51. The summed E-state index contributed by atoms with van der Waals surface area (Å²) < 4.78 is 5.68. The normalized spacial score (nSPS) is 10.1. The number of rotatable bonds is 5. The molecule has 0 saturated carbocycles. The number of anilines is 1. The topological polar surface area (TPSA) is 65.3 Å². The van der Waals surface area contributed by atoms with E-state index in [1.54, 1.807) is 20.0 Å². The van der Waals surface area contributed by atoms with Crippen molar-refractivity contribution in [3.05, 3.63) is 53.6 Å². The third kappa shape index (κ3) is 3.09. The molecule has 0 unspecified atom stereocenters. The van der Waals surface area contributed by atoms with Crippen molar-refractivity contribution in [2.75, 3.05) is 12.4 Å². The van der Waals surface area contributed by atoms with Gasteiger partial charge in [0.15, 0.2) is 0 Å². The highest BCUT2D eigenvalue weighted by atomic mass is 16.5. The number of ether oxygens (including phenoxy) is 1. The Bertz CT molecular complexity index is 609. The lowest BCUT2D eigenvalue weighted by molar-refractivity contribution is 0.304. The summed E-state index contributed by atoms with van der Waals surface area (Å²) in [5.41, 5.74) is 2.55. The number of benzene rings is 2. The molecule has 2 aromatic carbocycles. The highest BCUT2D eigenvalue weighted by Crippen LogP contribution is 2.32. The summed E-state index contributed by atoms with van der Waals surface area (Å²) in [5, 5.41) is 20.7. The van der Waals surface area contributed by atoms with Gasteiger partial charge in [-0.05, 0) is 12.5 Å². The Kier molecular flexibility index (Phi) is 4.25. The Morgan fingerprint density at radius 3 is 2.55 bits per heavy atom. The maximum absolute atomic E-state index is 10.0. The van der Waals surface area contributed by atoms with Gasteiger partial charge >= 0.3 is 0 Å². The summed E-state index contributed by atoms with van der Waals surface area (Å²) in [5.74, 6) is 0.619. The fourth-order valence-corrected chi connectivity index (χ4v) is 2.02. The molecule has 4 heteroatoms. The van der Waals surface area contributed by atoms with Crippen LogP contribution in [0.25, 0.3) is 0 Å². The highest BCUT2D eigenvalue weighted by Gasteiger charge is 2.12. The standard InChI is InChI=1S/C16H18N2O2/c1-11(17)16-14(18-2)8-13(9-15(16)19)20-10-12-6-4-3-5-7-12/h3-9,17-19H,10H2,1-2H3. The Morgan fingerprint density at radius 2 is 1.95 bits per heavy atom. The summed E-state index contributed by atoms with van der Waals surface area (Å²) >= 11 is 0. The number of hydrogen-bond acceptors (Lipinski definition) is 4. The second-order valence-corrected chi connectivity index (χ2v) is 4.51. The fourth-order valence-electron chi connectivity index (χ4n) is 2.02. The van der Waals surface area contributed by atoms with Crippen molar-refractivity contribution in [1.82, 2.24) is 0 Å². The predicted octanol–water partition coefficient (Wildman–Crippen LogP) is 3.40. The van der Waals surface area contributed by atoms with E-state index in [-0.39, 0.29) is 5.75 Å². The molecular formula is C16H18N2O2. The first kappa shape index (κ1) is 13.9. The van der Waals surface area contributed by atoms with Crippen LogP contribution in [0.15, 0.2) is 42.5 Å². The average Bonchev–Trinajstić information content (AvgIpc) is 2.45. The van der Waals surface area contributed by atoms with Crippen molar-refractivity contribution in [3.8, 4) is 11.5 Å². The predicted molar refractivity (Wildman–Crippen MR) is 80.9 cm³/mol. The van der Waals surface area contributed by atoms with E-state index >= 15 is 0 Å². The average molecular weight is 270 g/mol. The molecule has 0 amide bonds. The Balaban J connectivity index is 2.21. The number of phenols is 1. The Hall–Kier alpha value is -2.49. The third-order valence-corrected chi connectivity index (χ3v) is 2.98. The first-order valence-electron chi connectivity index (χ1n) is 6.39. The second kappa shape index (κ2) is 6.10. The minimum atomic E-state index is 0.0485. The van der Waals surface area contributed by atoms with Crippen LogP contribution in [0.3, 0.4) is 0 Å². The summed E-state index contributed by atoms with van der Waals surface area (Å²) in [6, 6.07) is 13.2. The molecule has 20 heavy (non-hydrogen) atoms. The molecule has 2 rings (SSSR count). The van der Waals surface area contributed by atoms with Gasteiger partial charge in [-0.15, -0.1) is 0 Å². The molecule has 0 aromatic heterocycles. The molecule has 0 spiro atoms. The van der Waals surface area contributed by atoms with Crippen LogP contribution < -0.4 is 10.1 Å². The zero-order valence-electron chi connectivity index (χ0n) is 11.6. The molecule has 0 atom stereocenters. The molecule has 0 heterocycles. The zero-order valence-corrected chi connectivity index (χ0v) is 11.6. The van der Waals surface area contributed by atoms with Crippen molar-refractivity contribution in [2.24, 2.45) is 0 Å². The monoisotopic (exact) mass is 270 g/mol. The third-order valence-electron chi connectivity index (χ3n) is 2.98. The molecule has 0 bridgehead atoms. The maximum atomic E-state index is 10.0. The van der Waals surface area contributed by atoms with E-state index in [9.17, 15) is 5.11 Å². The lowest BCUT2D eigenvalue weighted by atomic mass is 10.1. The van der Waals surface area contributed by atoms with E-state index in [0.29, 0.717) is 29.3 Å². The van der Waals surface area contributed by atoms with Crippen LogP contribution in [-0.2, 0) is 6.61 Å². The van der Waals surface area contributed by atoms with Gasteiger partial charge in [0.2, 0.25) is 0 Å². The van der Waals surface area contributed by atoms with Gasteiger partial charge in [0.05, 0.1) is 11.3 Å². The van der Waals surface area contributed by atoms with E-state index in [1.165, 1.54) is 6.07 Å². The van der Waals surface area contributed by atoms with E-state index in [0.717, 1.165) is 5.56 Å². The summed E-state index contributed by atoms with van der Waals surface area (Å²) in [4.78, 5) is 0. The molecule has 2 aromatic rings. The van der Waals surface area contributed by atoms with Crippen LogP contribution in [0.5, 0.6) is 11.5 Å². The lowest BCUT2D eigenvalue weighted by Crippen LogP contribution is -2.02. The van der Waals surface area contributed by atoms with Crippen molar-refractivity contribution < 1.29 is 9.84 Å². The molecule has 0 saturated heterocycles. The van der Waals surface area contributed by atoms with Crippen LogP contribution in [0.1, 0.15) is 18.1 Å². The summed E-state index contributed by atoms with van der Waals surface area (Å²) in [6.45, 7) is 2.08. The summed E-state index contributed by atoms with van der Waals surface area (Å²) in [6.07, 6.45) is 0. The van der Waals surface area contributed by atoms with Gasteiger partial charge in [-0.25, -0.2) is 0 Å². The first-order chi connectivity index (χ1) is 9.61. The van der Waals surface area contributed by atoms with E-state index in [2.05, 4.69) is 5.32 Å². The molecule has 104 valence electrons. The minimum absolute atomic E-state index is 0.0485. The SMILES string of the molecule is CNc1cc(OCc2ccccc2)cc(O)c1C(C)=N. The Labute approximate surface area is 118 Å². The van der Waals surface area contributed by atoms with Crippen molar-refractivity contribution in [2.45, 2.75) is 13.5 Å². The van der Waals surface area contributed by atoms with Crippen LogP contribution in [0, 0.1) is 5.41 Å². The first-order valence-corrected chi connectivity index (χ1v) is 6.39. The van der Waals surface area contributed by atoms with E-state index in [1.807, 2.05) is 30.3 Å². The molecule has 4 nitrogen and oxygen atoms in total. The molecular weight excluding hydrogens is 252 g/mol. The van der Waals surface area contributed by atoms with Crippen LogP contribution >= 0.6 is 0 Å². The van der Waals surface area contributed by atoms with E-state index in [4.69, 9.17) is 10.1 Å². The van der Waals surface area contributed by atoms with Crippen LogP contribution in [0.2, 0.25) is 0 Å². The van der Waals surface area contributed by atoms with Crippen LogP contribution in [0.4, 0.5) is 5.69 Å². The molecule has 0 aliphatic heterocycles. The Morgan fingerprint density at radius 1 is 1.25 bits per heavy atom. The van der Waals surface area contributed by atoms with Gasteiger partial charge in [0.1, 0.15) is 18.1 Å². The van der Waals surface area contributed by atoms with Gasteiger partial charge < -0.3 is 20.6 Å². The summed E-state index contributed by atoms with van der Waals surface area (Å²) in [7, 11) is 1.75. The lowest BCUT2D eigenvalue weighted by Gasteiger charge is -2.13.